The number of aliphatic imine (C=N–C) groups is 1. The van der Waals surface area contributed by atoms with E-state index in [1.165, 1.54) is 0 Å². The first kappa shape index (κ1) is 17.7. The van der Waals surface area contributed by atoms with Crippen LogP contribution in [-0.4, -0.2) is 5.71 Å². The van der Waals surface area contributed by atoms with E-state index in [4.69, 9.17) is 16.6 Å². The van der Waals surface area contributed by atoms with Gasteiger partial charge >= 0.3 is 0 Å². The maximum absolute atomic E-state index is 6.15. The van der Waals surface area contributed by atoms with Crippen LogP contribution in [0.5, 0.6) is 0 Å². The zero-order valence-corrected chi connectivity index (χ0v) is 16.5. The minimum atomic E-state index is -0.716. The number of nitrogens with one attached hydrogen (secondary N) is 1. The number of benzene rings is 4. The van der Waals surface area contributed by atoms with Gasteiger partial charge in [-0.25, -0.2) is 4.99 Å². The molecular formula is C26H19ClN2. The third kappa shape index (κ3) is 3.12. The molecule has 1 heterocycles. The largest absolute Gasteiger partial charge is 0.353 e. The van der Waals surface area contributed by atoms with E-state index in [2.05, 4.69) is 72.0 Å². The molecule has 0 aliphatic carbocycles. The molecule has 29 heavy (non-hydrogen) atoms. The Bertz CT molecular complexity index is 1130. The summed E-state index contributed by atoms with van der Waals surface area (Å²) in [5.41, 5.74) is 5.59. The van der Waals surface area contributed by atoms with Crippen molar-refractivity contribution in [3.63, 3.8) is 0 Å². The van der Waals surface area contributed by atoms with Gasteiger partial charge in [0, 0.05) is 33.0 Å². The fourth-order valence-corrected chi connectivity index (χ4v) is 4.00. The number of fused-ring (bicyclic) bond motifs is 1. The van der Waals surface area contributed by atoms with E-state index in [1.807, 2.05) is 42.5 Å². The topological polar surface area (TPSA) is 24.4 Å². The number of anilines is 1. The summed E-state index contributed by atoms with van der Waals surface area (Å²) in [7, 11) is 0. The van der Waals surface area contributed by atoms with Crippen molar-refractivity contribution in [1.29, 1.82) is 0 Å². The summed E-state index contributed by atoms with van der Waals surface area (Å²) in [6, 6.07) is 37.0. The van der Waals surface area contributed by atoms with Crippen LogP contribution in [0.4, 0.5) is 5.69 Å². The van der Waals surface area contributed by atoms with Gasteiger partial charge in [0.2, 0.25) is 0 Å². The van der Waals surface area contributed by atoms with E-state index in [9.17, 15) is 0 Å². The van der Waals surface area contributed by atoms with Crippen LogP contribution < -0.4 is 5.32 Å². The number of nitrogens with zero attached hydrogens (tertiary/aromatic N) is 1. The first-order valence-corrected chi connectivity index (χ1v) is 9.98. The Morgan fingerprint density at radius 1 is 0.621 bits per heavy atom. The Morgan fingerprint density at radius 2 is 1.17 bits per heavy atom. The van der Waals surface area contributed by atoms with Crippen LogP contribution in [0.25, 0.3) is 0 Å². The predicted molar refractivity (Wildman–Crippen MR) is 121 cm³/mol. The predicted octanol–water partition coefficient (Wildman–Crippen LogP) is 6.50. The van der Waals surface area contributed by atoms with Crippen LogP contribution in [0, 0.1) is 0 Å². The molecule has 3 heteroatoms. The Morgan fingerprint density at radius 3 is 1.79 bits per heavy atom. The second-order valence-electron chi connectivity index (χ2n) is 7.08. The lowest BCUT2D eigenvalue weighted by atomic mass is 9.87. The van der Waals surface area contributed by atoms with Gasteiger partial charge in [0.1, 0.15) is 0 Å². The molecule has 0 aromatic heterocycles. The molecule has 1 aliphatic rings. The first-order valence-electron chi connectivity index (χ1n) is 9.61. The Balaban J connectivity index is 1.82. The van der Waals surface area contributed by atoms with Crippen molar-refractivity contribution in [2.45, 2.75) is 5.66 Å². The van der Waals surface area contributed by atoms with Gasteiger partial charge in [-0.15, -0.1) is 0 Å². The number of hydrogen-bond acceptors (Lipinski definition) is 2. The van der Waals surface area contributed by atoms with E-state index in [0.717, 1.165) is 33.7 Å². The number of para-hydroxylation sites is 1. The number of halogens is 1. The summed E-state index contributed by atoms with van der Waals surface area (Å²) in [5.74, 6) is 0. The molecule has 0 radical (unpaired) electrons. The standard InChI is InChI=1S/C26H19ClN2/c27-22-17-15-19(16-18-22)25-23-13-7-8-14-24(23)28-26(29-25,20-9-3-1-4-10-20)21-11-5-2-6-12-21/h1-18,28H. The van der Waals surface area contributed by atoms with Crippen molar-refractivity contribution in [3.05, 3.63) is 136 Å². The zero-order chi connectivity index (χ0) is 19.7. The lowest BCUT2D eigenvalue weighted by Gasteiger charge is -2.38. The molecule has 4 aromatic carbocycles. The molecule has 1 aliphatic heterocycles. The molecule has 1 N–H and O–H groups in total. The summed E-state index contributed by atoms with van der Waals surface area (Å²) in [6.07, 6.45) is 0. The van der Waals surface area contributed by atoms with Crippen molar-refractivity contribution < 1.29 is 0 Å². The summed E-state index contributed by atoms with van der Waals surface area (Å²) < 4.78 is 0. The average Bonchev–Trinajstić information content (AvgIpc) is 2.80. The van der Waals surface area contributed by atoms with Crippen LogP contribution in [0.3, 0.4) is 0 Å². The molecule has 0 spiro atoms. The van der Waals surface area contributed by atoms with E-state index >= 15 is 0 Å². The lowest BCUT2D eigenvalue weighted by molar-refractivity contribution is 0.620. The average molecular weight is 395 g/mol. The van der Waals surface area contributed by atoms with Crippen molar-refractivity contribution in [2.24, 2.45) is 4.99 Å². The highest BCUT2D eigenvalue weighted by Gasteiger charge is 2.38. The lowest BCUT2D eigenvalue weighted by Crippen LogP contribution is -2.39. The smallest absolute Gasteiger partial charge is 0.182 e. The summed E-state index contributed by atoms with van der Waals surface area (Å²) in [6.45, 7) is 0. The van der Waals surface area contributed by atoms with Gasteiger partial charge in [0.15, 0.2) is 5.66 Å². The first-order chi connectivity index (χ1) is 14.3. The summed E-state index contributed by atoms with van der Waals surface area (Å²) in [5, 5.41) is 4.46. The highest BCUT2D eigenvalue weighted by Crippen LogP contribution is 2.41. The maximum Gasteiger partial charge on any atom is 0.182 e. The van der Waals surface area contributed by atoms with Crippen molar-refractivity contribution in [2.75, 3.05) is 5.32 Å². The highest BCUT2D eigenvalue weighted by atomic mass is 35.5. The fraction of sp³-hybridized carbons (Fsp3) is 0.0385. The van der Waals surface area contributed by atoms with E-state index < -0.39 is 5.66 Å². The third-order valence-corrected chi connectivity index (χ3v) is 5.53. The molecule has 0 saturated carbocycles. The second-order valence-corrected chi connectivity index (χ2v) is 7.52. The van der Waals surface area contributed by atoms with Crippen molar-refractivity contribution in [1.82, 2.24) is 0 Å². The number of rotatable bonds is 3. The quantitative estimate of drug-likeness (QED) is 0.421. The van der Waals surface area contributed by atoms with Gasteiger partial charge in [-0.2, -0.15) is 0 Å². The van der Waals surface area contributed by atoms with Gasteiger partial charge in [0.25, 0.3) is 0 Å². The Labute approximate surface area is 175 Å². The highest BCUT2D eigenvalue weighted by molar-refractivity contribution is 6.30. The van der Waals surface area contributed by atoms with E-state index in [-0.39, 0.29) is 0 Å². The SMILES string of the molecule is Clc1ccc(C2=NC(c3ccccc3)(c3ccccc3)Nc3ccccc32)cc1. The normalized spacial score (nSPS) is 14.4. The Kier molecular flexibility index (Phi) is 4.42. The van der Waals surface area contributed by atoms with E-state index in [0.29, 0.717) is 5.02 Å². The van der Waals surface area contributed by atoms with Gasteiger partial charge in [-0.3, -0.25) is 0 Å². The van der Waals surface area contributed by atoms with Crippen LogP contribution in [-0.2, 0) is 5.66 Å². The van der Waals surface area contributed by atoms with Gasteiger partial charge in [-0.1, -0.05) is 103 Å². The van der Waals surface area contributed by atoms with Crippen molar-refractivity contribution in [3.8, 4) is 0 Å². The molecule has 0 unspecified atom stereocenters. The molecular weight excluding hydrogens is 376 g/mol. The molecule has 0 amide bonds. The second kappa shape index (κ2) is 7.23. The monoisotopic (exact) mass is 394 g/mol. The molecule has 5 rings (SSSR count). The summed E-state index contributed by atoms with van der Waals surface area (Å²) in [4.78, 5) is 5.36. The van der Waals surface area contributed by atoms with Gasteiger partial charge in [0.05, 0.1) is 5.71 Å². The molecule has 2 nitrogen and oxygen atoms in total. The molecule has 4 aromatic rings. The van der Waals surface area contributed by atoms with Gasteiger partial charge in [-0.05, 0) is 18.2 Å². The molecule has 140 valence electrons. The van der Waals surface area contributed by atoms with Crippen molar-refractivity contribution >= 4 is 23.0 Å². The molecule has 0 fully saturated rings. The Hall–Kier alpha value is -3.36. The fourth-order valence-electron chi connectivity index (χ4n) is 3.88. The minimum absolute atomic E-state index is 0.716. The molecule has 0 atom stereocenters. The van der Waals surface area contributed by atoms with E-state index in [1.54, 1.807) is 0 Å². The number of hydrogen-bond donors (Lipinski definition) is 1. The minimum Gasteiger partial charge on any atom is -0.353 e. The van der Waals surface area contributed by atoms with Gasteiger partial charge < -0.3 is 5.32 Å². The van der Waals surface area contributed by atoms with Crippen LogP contribution in [0.1, 0.15) is 22.3 Å². The maximum atomic E-state index is 6.15. The third-order valence-electron chi connectivity index (χ3n) is 5.28. The summed E-state index contributed by atoms with van der Waals surface area (Å²) >= 11 is 6.15. The van der Waals surface area contributed by atoms with Crippen LogP contribution in [0.2, 0.25) is 5.02 Å². The van der Waals surface area contributed by atoms with Crippen LogP contribution >= 0.6 is 11.6 Å². The zero-order valence-electron chi connectivity index (χ0n) is 15.7. The molecule has 0 bridgehead atoms. The van der Waals surface area contributed by atoms with Crippen LogP contribution in [0.15, 0.2) is 114 Å². The molecule has 0 saturated heterocycles.